The lowest BCUT2D eigenvalue weighted by Crippen LogP contribution is -2.23. The predicted molar refractivity (Wildman–Crippen MR) is 71.3 cm³/mol. The van der Waals surface area contributed by atoms with E-state index in [0.717, 1.165) is 24.0 Å². The zero-order valence-electron chi connectivity index (χ0n) is 11.5. The Morgan fingerprint density at radius 3 is 2.48 bits per heavy atom. The third-order valence-corrected chi connectivity index (χ3v) is 3.22. The maximum Gasteiger partial charge on any atom is 0.416 e. The van der Waals surface area contributed by atoms with E-state index in [1.54, 1.807) is 13.0 Å². The van der Waals surface area contributed by atoms with Crippen molar-refractivity contribution in [3.63, 3.8) is 0 Å². The maximum atomic E-state index is 14.0. The molecular weight excluding hydrogens is 284 g/mol. The first-order valence-corrected chi connectivity index (χ1v) is 6.29. The van der Waals surface area contributed by atoms with Gasteiger partial charge in [-0.1, -0.05) is 17.7 Å². The van der Waals surface area contributed by atoms with E-state index in [0.29, 0.717) is 0 Å². The second-order valence-corrected chi connectivity index (χ2v) is 4.71. The van der Waals surface area contributed by atoms with Crippen LogP contribution in [0.3, 0.4) is 0 Å². The number of aryl methyl sites for hydroxylation is 1. The van der Waals surface area contributed by atoms with Crippen LogP contribution in [0.25, 0.3) is 0 Å². The van der Waals surface area contributed by atoms with E-state index < -0.39 is 23.6 Å². The quantitative estimate of drug-likeness (QED) is 0.870. The first-order valence-electron chi connectivity index (χ1n) is 6.29. The summed E-state index contributed by atoms with van der Waals surface area (Å²) in [5.74, 6) is -0.558. The molecule has 0 saturated heterocycles. The second-order valence-electron chi connectivity index (χ2n) is 4.71. The molecule has 1 aromatic carbocycles. The van der Waals surface area contributed by atoms with Crippen LogP contribution >= 0.6 is 0 Å². The molecule has 1 atom stereocenters. The van der Waals surface area contributed by atoms with Crippen LogP contribution in [0, 0.1) is 12.7 Å². The first-order chi connectivity index (χ1) is 9.84. The summed E-state index contributed by atoms with van der Waals surface area (Å²) in [6.45, 7) is 1.75. The average molecular weight is 298 g/mol. The summed E-state index contributed by atoms with van der Waals surface area (Å²) in [4.78, 5) is 3.74. The number of halogens is 4. The van der Waals surface area contributed by atoms with Crippen molar-refractivity contribution in [3.8, 4) is 0 Å². The van der Waals surface area contributed by atoms with Crippen LogP contribution in [0.1, 0.15) is 28.3 Å². The number of nitrogens with zero attached hydrogens (tertiary/aromatic N) is 1. The number of hydrogen-bond acceptors (Lipinski definition) is 2. The van der Waals surface area contributed by atoms with Crippen LogP contribution in [0.2, 0.25) is 0 Å². The van der Waals surface area contributed by atoms with Gasteiger partial charge in [0.2, 0.25) is 0 Å². The summed E-state index contributed by atoms with van der Waals surface area (Å²) >= 11 is 0. The summed E-state index contributed by atoms with van der Waals surface area (Å²) in [6, 6.07) is 4.32. The van der Waals surface area contributed by atoms with Gasteiger partial charge in [0.05, 0.1) is 11.6 Å². The van der Waals surface area contributed by atoms with Gasteiger partial charge in [0.25, 0.3) is 0 Å². The van der Waals surface area contributed by atoms with E-state index >= 15 is 0 Å². The van der Waals surface area contributed by atoms with Gasteiger partial charge < -0.3 is 5.32 Å². The van der Waals surface area contributed by atoms with Crippen molar-refractivity contribution < 1.29 is 17.6 Å². The molecular formula is C15H14F4N2. The van der Waals surface area contributed by atoms with E-state index in [1.807, 2.05) is 0 Å². The standard InChI is InChI=1S/C15H14F4N2/c1-9-3-4-13(16)10(7-9)14(20-2)11-8-21-6-5-12(11)15(17,18)19/h3-8,14,20H,1-2H3. The Balaban J connectivity index is 2.60. The van der Waals surface area contributed by atoms with Crippen LogP contribution in [-0.4, -0.2) is 12.0 Å². The van der Waals surface area contributed by atoms with Gasteiger partial charge in [-0.2, -0.15) is 13.2 Å². The van der Waals surface area contributed by atoms with E-state index in [1.165, 1.54) is 19.2 Å². The highest BCUT2D eigenvalue weighted by molar-refractivity contribution is 5.39. The Kier molecular flexibility index (Phi) is 4.27. The highest BCUT2D eigenvalue weighted by Gasteiger charge is 2.35. The van der Waals surface area contributed by atoms with E-state index in [2.05, 4.69) is 10.3 Å². The maximum absolute atomic E-state index is 14.0. The molecule has 6 heteroatoms. The lowest BCUT2D eigenvalue weighted by atomic mass is 9.94. The molecule has 0 bridgehead atoms. The lowest BCUT2D eigenvalue weighted by Gasteiger charge is -2.22. The molecule has 0 spiro atoms. The molecule has 0 saturated carbocycles. The molecule has 112 valence electrons. The average Bonchev–Trinajstić information content (AvgIpc) is 2.43. The Morgan fingerprint density at radius 2 is 1.86 bits per heavy atom. The molecule has 0 radical (unpaired) electrons. The number of rotatable bonds is 3. The van der Waals surface area contributed by atoms with Crippen molar-refractivity contribution in [1.29, 1.82) is 0 Å². The van der Waals surface area contributed by atoms with Gasteiger partial charge in [0.15, 0.2) is 0 Å². The Hall–Kier alpha value is -1.95. The summed E-state index contributed by atoms with van der Waals surface area (Å²) in [6.07, 6.45) is -2.33. The van der Waals surface area contributed by atoms with Crippen molar-refractivity contribution in [1.82, 2.24) is 10.3 Å². The minimum atomic E-state index is -4.52. The molecule has 0 aliphatic heterocycles. The fourth-order valence-electron chi connectivity index (χ4n) is 2.26. The minimum Gasteiger partial charge on any atom is -0.309 e. The molecule has 2 rings (SSSR count). The molecule has 0 aliphatic rings. The van der Waals surface area contributed by atoms with Crippen LogP contribution in [0.4, 0.5) is 17.6 Å². The lowest BCUT2D eigenvalue weighted by molar-refractivity contribution is -0.138. The summed E-state index contributed by atoms with van der Waals surface area (Å²) in [5.41, 5.74) is 0.00913. The fraction of sp³-hybridized carbons (Fsp3) is 0.267. The number of benzene rings is 1. The molecule has 1 unspecified atom stereocenters. The van der Waals surface area contributed by atoms with Gasteiger partial charge in [0.1, 0.15) is 5.82 Å². The molecule has 1 heterocycles. The molecule has 1 N–H and O–H groups in total. The minimum absolute atomic E-state index is 0.1000. The van der Waals surface area contributed by atoms with Crippen molar-refractivity contribution in [2.45, 2.75) is 19.1 Å². The summed E-state index contributed by atoms with van der Waals surface area (Å²) < 4.78 is 53.3. The first kappa shape index (κ1) is 15.4. The van der Waals surface area contributed by atoms with Crippen LogP contribution in [0.15, 0.2) is 36.7 Å². The predicted octanol–water partition coefficient (Wildman–Crippen LogP) is 3.86. The number of nitrogens with one attached hydrogen (secondary N) is 1. The van der Waals surface area contributed by atoms with Gasteiger partial charge in [-0.25, -0.2) is 4.39 Å². The van der Waals surface area contributed by atoms with Gasteiger partial charge in [-0.05, 0) is 26.1 Å². The van der Waals surface area contributed by atoms with Crippen LogP contribution in [-0.2, 0) is 6.18 Å². The topological polar surface area (TPSA) is 24.9 Å². The highest BCUT2D eigenvalue weighted by atomic mass is 19.4. The summed E-state index contributed by atoms with van der Waals surface area (Å²) in [7, 11) is 1.49. The van der Waals surface area contributed by atoms with E-state index in [9.17, 15) is 17.6 Å². The molecule has 2 nitrogen and oxygen atoms in total. The molecule has 0 aliphatic carbocycles. The number of hydrogen-bond donors (Lipinski definition) is 1. The molecule has 21 heavy (non-hydrogen) atoms. The van der Waals surface area contributed by atoms with E-state index in [4.69, 9.17) is 0 Å². The zero-order chi connectivity index (χ0) is 15.6. The third kappa shape index (κ3) is 3.21. The number of pyridine rings is 1. The normalized spacial score (nSPS) is 13.2. The van der Waals surface area contributed by atoms with Crippen LogP contribution < -0.4 is 5.32 Å². The monoisotopic (exact) mass is 298 g/mol. The van der Waals surface area contributed by atoms with Crippen LogP contribution in [0.5, 0.6) is 0 Å². The third-order valence-electron chi connectivity index (χ3n) is 3.22. The summed E-state index contributed by atoms with van der Waals surface area (Å²) in [5, 5.41) is 2.74. The molecule has 2 aromatic rings. The van der Waals surface area contributed by atoms with Gasteiger partial charge >= 0.3 is 6.18 Å². The largest absolute Gasteiger partial charge is 0.416 e. The Bertz CT molecular complexity index is 638. The van der Waals surface area contributed by atoms with Crippen molar-refractivity contribution in [2.75, 3.05) is 7.05 Å². The zero-order valence-corrected chi connectivity index (χ0v) is 11.5. The van der Waals surface area contributed by atoms with Gasteiger partial charge in [-0.15, -0.1) is 0 Å². The molecule has 1 aromatic heterocycles. The van der Waals surface area contributed by atoms with Crippen molar-refractivity contribution in [3.05, 3.63) is 64.7 Å². The Labute approximate surface area is 119 Å². The fourth-order valence-corrected chi connectivity index (χ4v) is 2.26. The smallest absolute Gasteiger partial charge is 0.309 e. The second kappa shape index (κ2) is 5.81. The van der Waals surface area contributed by atoms with Crippen molar-refractivity contribution >= 4 is 0 Å². The number of alkyl halides is 3. The Morgan fingerprint density at radius 1 is 1.14 bits per heavy atom. The molecule has 0 amide bonds. The molecule has 0 fully saturated rings. The van der Waals surface area contributed by atoms with E-state index in [-0.39, 0.29) is 11.1 Å². The highest BCUT2D eigenvalue weighted by Crippen LogP contribution is 2.36. The van der Waals surface area contributed by atoms with Crippen molar-refractivity contribution in [2.24, 2.45) is 0 Å². The number of aromatic nitrogens is 1. The SMILES string of the molecule is CNC(c1cc(C)ccc1F)c1cnccc1C(F)(F)F. The van der Waals surface area contributed by atoms with Gasteiger partial charge in [0, 0.05) is 23.5 Å². The van der Waals surface area contributed by atoms with Gasteiger partial charge in [-0.3, -0.25) is 4.98 Å².